The third kappa shape index (κ3) is 3.14. The summed E-state index contributed by atoms with van der Waals surface area (Å²) in [4.78, 5) is 14.7. The number of nitrogens with one attached hydrogen (secondary N) is 1. The zero-order valence-electron chi connectivity index (χ0n) is 14.4. The van der Waals surface area contributed by atoms with Gasteiger partial charge in [-0.1, -0.05) is 30.6 Å². The number of ether oxygens (including phenoxy) is 1. The molecule has 0 saturated carbocycles. The molecule has 0 atom stereocenters. The van der Waals surface area contributed by atoms with E-state index < -0.39 is 0 Å². The van der Waals surface area contributed by atoms with Crippen LogP contribution in [0.25, 0.3) is 11.3 Å². The van der Waals surface area contributed by atoms with Crippen LogP contribution >= 0.6 is 0 Å². The second kappa shape index (κ2) is 7.05. The summed E-state index contributed by atoms with van der Waals surface area (Å²) >= 11 is 0. The fraction of sp³-hybridized carbons (Fsp3) is 0.444. The fourth-order valence-corrected chi connectivity index (χ4v) is 2.88. The molecule has 128 valence electrons. The summed E-state index contributed by atoms with van der Waals surface area (Å²) < 4.78 is 11.2. The summed E-state index contributed by atoms with van der Waals surface area (Å²) in [5, 5.41) is 6.89. The first-order valence-electron chi connectivity index (χ1n) is 8.37. The Kier molecular flexibility index (Phi) is 4.85. The molecule has 1 aliphatic heterocycles. The van der Waals surface area contributed by atoms with Crippen molar-refractivity contribution in [2.75, 3.05) is 26.2 Å². The van der Waals surface area contributed by atoms with Crippen LogP contribution in [0, 0.1) is 6.92 Å². The van der Waals surface area contributed by atoms with E-state index in [0.717, 1.165) is 36.5 Å². The molecule has 0 bridgehead atoms. The van der Waals surface area contributed by atoms with Crippen molar-refractivity contribution in [2.24, 2.45) is 0 Å². The molecule has 0 aliphatic carbocycles. The Bertz CT molecular complexity index is 735. The van der Waals surface area contributed by atoms with E-state index >= 15 is 0 Å². The van der Waals surface area contributed by atoms with Gasteiger partial charge in [-0.05, 0) is 32.1 Å². The molecule has 0 spiro atoms. The Balaban J connectivity index is 1.74. The van der Waals surface area contributed by atoms with Gasteiger partial charge in [0.2, 0.25) is 0 Å². The molecule has 6 nitrogen and oxygen atoms in total. The summed E-state index contributed by atoms with van der Waals surface area (Å²) in [5.41, 5.74) is 2.99. The molecular formula is C18H23N3O3. The summed E-state index contributed by atoms with van der Waals surface area (Å²) in [7, 11) is 0. The van der Waals surface area contributed by atoms with E-state index in [1.54, 1.807) is 0 Å². The van der Waals surface area contributed by atoms with E-state index in [0.29, 0.717) is 30.2 Å². The van der Waals surface area contributed by atoms with Crippen LogP contribution in [0.15, 0.2) is 22.7 Å². The van der Waals surface area contributed by atoms with Crippen molar-refractivity contribution in [2.45, 2.75) is 27.4 Å². The Morgan fingerprint density at radius 1 is 1.33 bits per heavy atom. The van der Waals surface area contributed by atoms with Crippen LogP contribution in [0.1, 0.15) is 35.5 Å². The molecule has 1 amide bonds. The van der Waals surface area contributed by atoms with Gasteiger partial charge in [-0.3, -0.25) is 4.79 Å². The van der Waals surface area contributed by atoms with Gasteiger partial charge in [-0.15, -0.1) is 0 Å². The summed E-state index contributed by atoms with van der Waals surface area (Å²) in [6, 6.07) is 5.89. The van der Waals surface area contributed by atoms with Crippen LogP contribution in [0.4, 0.5) is 0 Å². The van der Waals surface area contributed by atoms with Gasteiger partial charge in [0.05, 0.1) is 11.1 Å². The molecule has 6 heteroatoms. The number of nitrogens with zero attached hydrogens (tertiary/aromatic N) is 2. The minimum Gasteiger partial charge on any atom is -0.488 e. The van der Waals surface area contributed by atoms with Crippen molar-refractivity contribution >= 4 is 5.91 Å². The van der Waals surface area contributed by atoms with Gasteiger partial charge in [-0.2, -0.15) is 0 Å². The van der Waals surface area contributed by atoms with Crippen LogP contribution in [0.2, 0.25) is 0 Å². The molecule has 24 heavy (non-hydrogen) atoms. The lowest BCUT2D eigenvalue weighted by molar-refractivity contribution is 0.0938. The van der Waals surface area contributed by atoms with E-state index in [4.69, 9.17) is 9.26 Å². The third-order valence-corrected chi connectivity index (χ3v) is 4.36. The van der Waals surface area contributed by atoms with Gasteiger partial charge in [0, 0.05) is 13.1 Å². The lowest BCUT2D eigenvalue weighted by Crippen LogP contribution is -2.35. The number of benzene rings is 1. The highest BCUT2D eigenvalue weighted by Gasteiger charge is 2.28. The van der Waals surface area contributed by atoms with Crippen LogP contribution in [0.3, 0.4) is 0 Å². The Morgan fingerprint density at radius 3 is 2.88 bits per heavy atom. The summed E-state index contributed by atoms with van der Waals surface area (Å²) in [6.45, 7) is 9.85. The smallest absolute Gasteiger partial charge is 0.273 e. The van der Waals surface area contributed by atoms with Crippen molar-refractivity contribution < 1.29 is 14.1 Å². The fourth-order valence-electron chi connectivity index (χ4n) is 2.88. The number of aryl methyl sites for hydroxylation is 1. The van der Waals surface area contributed by atoms with Crippen molar-refractivity contribution in [3.63, 3.8) is 0 Å². The molecule has 1 aromatic carbocycles. The number of rotatable bonds is 6. The van der Waals surface area contributed by atoms with Crippen molar-refractivity contribution in [3.8, 4) is 17.1 Å². The lowest BCUT2D eigenvalue weighted by atomic mass is 10.0. The minimum atomic E-state index is -0.216. The average Bonchev–Trinajstić information content (AvgIpc) is 3.03. The van der Waals surface area contributed by atoms with Crippen LogP contribution < -0.4 is 10.1 Å². The number of fused-ring (bicyclic) bond motifs is 3. The highest BCUT2D eigenvalue weighted by atomic mass is 16.5. The largest absolute Gasteiger partial charge is 0.488 e. The average molecular weight is 329 g/mol. The number of likely N-dealkylation sites (N-methyl/N-ethyl adjacent to an activating group) is 1. The molecular weight excluding hydrogens is 306 g/mol. The zero-order valence-corrected chi connectivity index (χ0v) is 14.4. The summed E-state index contributed by atoms with van der Waals surface area (Å²) in [6.07, 6.45) is 0. The monoisotopic (exact) mass is 329 g/mol. The topological polar surface area (TPSA) is 67.6 Å². The Hall–Kier alpha value is -2.34. The molecule has 1 aliphatic rings. The Labute approximate surface area is 141 Å². The van der Waals surface area contributed by atoms with Gasteiger partial charge >= 0.3 is 0 Å². The van der Waals surface area contributed by atoms with Crippen molar-refractivity contribution in [1.29, 1.82) is 0 Å². The Morgan fingerprint density at radius 2 is 2.12 bits per heavy atom. The van der Waals surface area contributed by atoms with Crippen LogP contribution in [-0.2, 0) is 6.61 Å². The van der Waals surface area contributed by atoms with Gasteiger partial charge in [-0.25, -0.2) is 0 Å². The van der Waals surface area contributed by atoms with Crippen LogP contribution in [-0.4, -0.2) is 42.1 Å². The number of amides is 1. The maximum absolute atomic E-state index is 12.4. The van der Waals surface area contributed by atoms with E-state index in [2.05, 4.69) is 29.2 Å². The molecule has 0 radical (unpaired) electrons. The van der Waals surface area contributed by atoms with Crippen molar-refractivity contribution in [3.05, 3.63) is 35.0 Å². The SMILES string of the molecule is CCN(CC)CCNC(=O)c1noc2c1COc1ccc(C)cc1-2. The van der Waals surface area contributed by atoms with E-state index in [1.807, 2.05) is 25.1 Å². The molecule has 0 unspecified atom stereocenters. The van der Waals surface area contributed by atoms with Crippen molar-refractivity contribution in [1.82, 2.24) is 15.4 Å². The predicted octanol–water partition coefficient (Wildman–Crippen LogP) is 2.61. The molecule has 1 aromatic heterocycles. The van der Waals surface area contributed by atoms with Gasteiger partial charge in [0.1, 0.15) is 12.4 Å². The molecule has 1 N–H and O–H groups in total. The lowest BCUT2D eigenvalue weighted by Gasteiger charge is -2.18. The molecule has 0 fully saturated rings. The third-order valence-electron chi connectivity index (χ3n) is 4.36. The standard InChI is InChI=1S/C18H23N3O3/c1-4-21(5-2)9-8-19-18(22)16-14-11-23-15-7-6-12(3)10-13(15)17(14)24-20-16/h6-7,10H,4-5,8-9,11H2,1-3H3,(H,19,22). The van der Waals surface area contributed by atoms with Gasteiger partial charge in [0.25, 0.3) is 5.91 Å². The normalized spacial score (nSPS) is 12.5. The molecule has 3 rings (SSSR count). The van der Waals surface area contributed by atoms with Crippen LogP contribution in [0.5, 0.6) is 5.75 Å². The second-order valence-electron chi connectivity index (χ2n) is 5.91. The van der Waals surface area contributed by atoms with Gasteiger partial charge < -0.3 is 19.5 Å². The second-order valence-corrected chi connectivity index (χ2v) is 5.91. The number of carbonyl (C=O) groups is 1. The maximum Gasteiger partial charge on any atom is 0.273 e. The number of aromatic nitrogens is 1. The minimum absolute atomic E-state index is 0.216. The number of hydrogen-bond donors (Lipinski definition) is 1. The molecule has 2 aromatic rings. The zero-order chi connectivity index (χ0) is 17.1. The highest BCUT2D eigenvalue weighted by molar-refractivity contribution is 5.95. The quantitative estimate of drug-likeness (QED) is 0.882. The highest BCUT2D eigenvalue weighted by Crippen LogP contribution is 2.39. The van der Waals surface area contributed by atoms with E-state index in [1.165, 1.54) is 0 Å². The van der Waals surface area contributed by atoms with E-state index in [-0.39, 0.29) is 5.91 Å². The predicted molar refractivity (Wildman–Crippen MR) is 91.1 cm³/mol. The first-order valence-corrected chi connectivity index (χ1v) is 8.37. The molecule has 0 saturated heterocycles. The first kappa shape index (κ1) is 16.5. The van der Waals surface area contributed by atoms with E-state index in [9.17, 15) is 4.79 Å². The number of hydrogen-bond acceptors (Lipinski definition) is 5. The number of carbonyl (C=O) groups excluding carboxylic acids is 1. The van der Waals surface area contributed by atoms with Gasteiger partial charge in [0.15, 0.2) is 11.5 Å². The maximum atomic E-state index is 12.4. The molecule has 2 heterocycles. The summed E-state index contributed by atoms with van der Waals surface area (Å²) in [5.74, 6) is 1.18. The first-order chi connectivity index (χ1) is 11.6.